The Hall–Kier alpha value is -3.98. The van der Waals surface area contributed by atoms with Gasteiger partial charge >= 0.3 is 0 Å². The third kappa shape index (κ3) is 5.01. The summed E-state index contributed by atoms with van der Waals surface area (Å²) in [5.74, 6) is 0. The summed E-state index contributed by atoms with van der Waals surface area (Å²) in [6, 6.07) is 52.6. The van der Waals surface area contributed by atoms with E-state index in [0.29, 0.717) is 0 Å². The molecule has 0 aliphatic carbocycles. The van der Waals surface area contributed by atoms with Crippen LogP contribution < -0.4 is 0 Å². The SMILES string of the molecule is Brc1cc(-c2cccc(-c3cc(Br)cc(-c4ccc5ccccc5c4)c3)c2)cc(-c2ccc3ccccc3c2)c1. The van der Waals surface area contributed by atoms with Crippen LogP contribution in [0.5, 0.6) is 0 Å². The van der Waals surface area contributed by atoms with E-state index in [-0.39, 0.29) is 0 Å². The van der Waals surface area contributed by atoms with E-state index in [4.69, 9.17) is 0 Å². The van der Waals surface area contributed by atoms with Gasteiger partial charge in [0, 0.05) is 8.95 Å². The summed E-state index contributed by atoms with van der Waals surface area (Å²) < 4.78 is 2.14. The Morgan fingerprint density at radius 1 is 0.250 bits per heavy atom. The molecule has 0 fully saturated rings. The monoisotopic (exact) mass is 638 g/mol. The Balaban J connectivity index is 1.27. The third-order valence-electron chi connectivity index (χ3n) is 7.49. The Morgan fingerprint density at radius 2 is 0.600 bits per heavy atom. The van der Waals surface area contributed by atoms with Gasteiger partial charge in [-0.1, -0.05) is 123 Å². The molecule has 0 aliphatic heterocycles. The van der Waals surface area contributed by atoms with Crippen LogP contribution in [0.2, 0.25) is 0 Å². The van der Waals surface area contributed by atoms with Crippen molar-refractivity contribution in [2.24, 2.45) is 0 Å². The fraction of sp³-hybridized carbons (Fsp3) is 0. The highest BCUT2D eigenvalue weighted by atomic mass is 79.9. The van der Waals surface area contributed by atoms with Gasteiger partial charge in [0.15, 0.2) is 0 Å². The molecule has 0 amide bonds. The lowest BCUT2D eigenvalue weighted by molar-refractivity contribution is 1.55. The minimum absolute atomic E-state index is 1.07. The van der Waals surface area contributed by atoms with E-state index in [1.807, 2.05) is 0 Å². The van der Waals surface area contributed by atoms with Crippen molar-refractivity contribution in [2.75, 3.05) is 0 Å². The van der Waals surface area contributed by atoms with Gasteiger partial charge in [-0.25, -0.2) is 0 Å². The maximum absolute atomic E-state index is 3.78. The second kappa shape index (κ2) is 10.5. The Labute approximate surface area is 251 Å². The molecular weight excluding hydrogens is 616 g/mol. The minimum atomic E-state index is 1.07. The van der Waals surface area contributed by atoms with Crippen LogP contribution in [0.1, 0.15) is 0 Å². The lowest BCUT2D eigenvalue weighted by Crippen LogP contribution is -1.86. The van der Waals surface area contributed by atoms with Crippen molar-refractivity contribution in [1.29, 1.82) is 0 Å². The van der Waals surface area contributed by atoms with Crippen molar-refractivity contribution in [3.05, 3.63) is 155 Å². The molecule has 7 aromatic carbocycles. The van der Waals surface area contributed by atoms with Crippen LogP contribution in [0.3, 0.4) is 0 Å². The molecule has 0 spiro atoms. The standard InChI is InChI=1S/C38H24Br2/c39-37-21-33(19-35(23-37)31-14-12-25-6-1-3-8-27(25)16-31)29-10-5-11-30(18-29)34-20-36(24-38(40)22-34)32-15-13-26-7-2-4-9-28(26)17-32/h1-24H. The molecule has 0 bridgehead atoms. The maximum Gasteiger partial charge on any atom is 0.0187 e. The molecule has 190 valence electrons. The average molecular weight is 640 g/mol. The average Bonchev–Trinajstić information content (AvgIpc) is 3.00. The number of rotatable bonds is 4. The Bertz CT molecular complexity index is 1890. The van der Waals surface area contributed by atoms with Crippen LogP contribution in [0, 0.1) is 0 Å². The van der Waals surface area contributed by atoms with Gasteiger partial charge in [-0.3, -0.25) is 0 Å². The zero-order chi connectivity index (χ0) is 27.1. The molecule has 0 radical (unpaired) electrons. The van der Waals surface area contributed by atoms with Gasteiger partial charge in [-0.05, 0) is 121 Å². The predicted octanol–water partition coefficient (Wildman–Crippen LogP) is 12.2. The van der Waals surface area contributed by atoms with Crippen molar-refractivity contribution in [1.82, 2.24) is 0 Å². The van der Waals surface area contributed by atoms with Crippen LogP contribution in [0.15, 0.2) is 155 Å². The summed E-state index contributed by atoms with van der Waals surface area (Å²) in [6.45, 7) is 0. The molecule has 0 heterocycles. The minimum Gasteiger partial charge on any atom is -0.0616 e. The van der Waals surface area contributed by atoms with E-state index < -0.39 is 0 Å². The summed E-state index contributed by atoms with van der Waals surface area (Å²) in [7, 11) is 0. The Morgan fingerprint density at radius 3 is 1.02 bits per heavy atom. The van der Waals surface area contributed by atoms with Gasteiger partial charge in [-0.15, -0.1) is 0 Å². The zero-order valence-corrected chi connectivity index (χ0v) is 24.8. The highest BCUT2D eigenvalue weighted by molar-refractivity contribution is 9.10. The molecule has 0 nitrogen and oxygen atoms in total. The maximum atomic E-state index is 3.78. The van der Waals surface area contributed by atoms with Gasteiger partial charge in [0.2, 0.25) is 0 Å². The largest absolute Gasteiger partial charge is 0.0616 e. The first kappa shape index (κ1) is 25.0. The van der Waals surface area contributed by atoms with E-state index >= 15 is 0 Å². The molecule has 0 aromatic heterocycles. The molecule has 0 aliphatic rings. The predicted molar refractivity (Wildman–Crippen MR) is 179 cm³/mol. The third-order valence-corrected chi connectivity index (χ3v) is 8.41. The van der Waals surface area contributed by atoms with E-state index in [0.717, 1.165) is 8.95 Å². The molecule has 2 heteroatoms. The molecule has 7 rings (SSSR count). The summed E-state index contributed by atoms with van der Waals surface area (Å²) in [5.41, 5.74) is 9.56. The van der Waals surface area contributed by atoms with E-state index in [1.54, 1.807) is 0 Å². The number of benzene rings is 7. The molecule has 40 heavy (non-hydrogen) atoms. The van der Waals surface area contributed by atoms with E-state index in [9.17, 15) is 0 Å². The first-order valence-electron chi connectivity index (χ1n) is 13.3. The van der Waals surface area contributed by atoms with Crippen molar-refractivity contribution >= 4 is 53.4 Å². The van der Waals surface area contributed by atoms with E-state index in [1.165, 1.54) is 66.1 Å². The quantitative estimate of drug-likeness (QED) is 0.180. The highest BCUT2D eigenvalue weighted by Crippen LogP contribution is 2.36. The molecule has 0 atom stereocenters. The second-order valence-corrected chi connectivity index (χ2v) is 12.0. The first-order valence-corrected chi connectivity index (χ1v) is 14.9. The van der Waals surface area contributed by atoms with Gasteiger partial charge in [-0.2, -0.15) is 0 Å². The summed E-state index contributed by atoms with van der Waals surface area (Å²) in [5, 5.41) is 5.01. The van der Waals surface area contributed by atoms with E-state index in [2.05, 4.69) is 177 Å². The van der Waals surface area contributed by atoms with Gasteiger partial charge in [0.1, 0.15) is 0 Å². The van der Waals surface area contributed by atoms with Crippen molar-refractivity contribution in [3.63, 3.8) is 0 Å². The lowest BCUT2D eigenvalue weighted by Gasteiger charge is -2.12. The molecule has 0 N–H and O–H groups in total. The molecular formula is C38H24Br2. The lowest BCUT2D eigenvalue weighted by atomic mass is 9.94. The summed E-state index contributed by atoms with van der Waals surface area (Å²) in [4.78, 5) is 0. The zero-order valence-electron chi connectivity index (χ0n) is 21.6. The fourth-order valence-corrected chi connectivity index (χ4v) is 6.45. The molecule has 7 aromatic rings. The summed E-state index contributed by atoms with van der Waals surface area (Å²) >= 11 is 7.55. The number of hydrogen-bond donors (Lipinski definition) is 0. The number of hydrogen-bond acceptors (Lipinski definition) is 0. The molecule has 0 unspecified atom stereocenters. The van der Waals surface area contributed by atoms with Crippen LogP contribution >= 0.6 is 31.9 Å². The number of halogens is 2. The van der Waals surface area contributed by atoms with Crippen molar-refractivity contribution in [2.45, 2.75) is 0 Å². The molecule has 0 saturated carbocycles. The Kier molecular flexibility index (Phi) is 6.59. The van der Waals surface area contributed by atoms with Crippen molar-refractivity contribution < 1.29 is 0 Å². The van der Waals surface area contributed by atoms with Gasteiger partial charge in [0.25, 0.3) is 0 Å². The summed E-state index contributed by atoms with van der Waals surface area (Å²) in [6.07, 6.45) is 0. The number of fused-ring (bicyclic) bond motifs is 2. The van der Waals surface area contributed by atoms with Crippen LogP contribution in [0.25, 0.3) is 66.1 Å². The highest BCUT2D eigenvalue weighted by Gasteiger charge is 2.09. The van der Waals surface area contributed by atoms with Crippen LogP contribution in [0.4, 0.5) is 0 Å². The normalized spacial score (nSPS) is 11.2. The smallest absolute Gasteiger partial charge is 0.0187 e. The van der Waals surface area contributed by atoms with Crippen LogP contribution in [-0.4, -0.2) is 0 Å². The topological polar surface area (TPSA) is 0 Å². The van der Waals surface area contributed by atoms with Gasteiger partial charge in [0.05, 0.1) is 0 Å². The first-order chi connectivity index (χ1) is 19.6. The second-order valence-electron chi connectivity index (χ2n) is 10.2. The van der Waals surface area contributed by atoms with Gasteiger partial charge < -0.3 is 0 Å². The molecule has 0 saturated heterocycles. The van der Waals surface area contributed by atoms with Crippen LogP contribution in [-0.2, 0) is 0 Å². The fourth-order valence-electron chi connectivity index (χ4n) is 5.46. The van der Waals surface area contributed by atoms with Crippen molar-refractivity contribution in [3.8, 4) is 44.5 Å².